The quantitative estimate of drug-likeness (QED) is 0.858. The highest BCUT2D eigenvalue weighted by molar-refractivity contribution is 9.11. The number of carbonyl (C=O) groups excluding carboxylic acids is 1. The van der Waals surface area contributed by atoms with Crippen LogP contribution in [0.1, 0.15) is 15.9 Å². The lowest BCUT2D eigenvalue weighted by Gasteiger charge is -2.05. The molecule has 0 radical (unpaired) electrons. The summed E-state index contributed by atoms with van der Waals surface area (Å²) in [6.07, 6.45) is 0. The number of hydrogen-bond donors (Lipinski definition) is 2. The molecule has 0 aliphatic heterocycles. The molecule has 20 heavy (non-hydrogen) atoms. The van der Waals surface area contributed by atoms with Gasteiger partial charge < -0.3 is 5.32 Å². The zero-order chi connectivity index (χ0) is 14.8. The Hall–Kier alpha value is -1.22. The van der Waals surface area contributed by atoms with Crippen molar-refractivity contribution in [2.24, 2.45) is 5.14 Å². The van der Waals surface area contributed by atoms with E-state index in [2.05, 4.69) is 21.2 Å². The van der Waals surface area contributed by atoms with Gasteiger partial charge in [0.1, 0.15) is 0 Å². The molecule has 0 bridgehead atoms. The van der Waals surface area contributed by atoms with Crippen LogP contribution in [0.4, 0.5) is 0 Å². The summed E-state index contributed by atoms with van der Waals surface area (Å²) in [5.41, 5.74) is 1.38. The van der Waals surface area contributed by atoms with Crippen molar-refractivity contribution in [3.05, 3.63) is 50.6 Å². The smallest absolute Gasteiger partial charge is 0.252 e. The highest BCUT2D eigenvalue weighted by Gasteiger charge is 2.09. The lowest BCUT2D eigenvalue weighted by atomic mass is 10.2. The topological polar surface area (TPSA) is 89.3 Å². The number of carbonyl (C=O) groups is 1. The van der Waals surface area contributed by atoms with Gasteiger partial charge in [0.15, 0.2) is 0 Å². The molecule has 1 heterocycles. The molecule has 1 aromatic carbocycles. The monoisotopic (exact) mass is 374 g/mol. The van der Waals surface area contributed by atoms with Crippen molar-refractivity contribution < 1.29 is 13.2 Å². The van der Waals surface area contributed by atoms with Crippen molar-refractivity contribution in [3.63, 3.8) is 0 Å². The van der Waals surface area contributed by atoms with Gasteiger partial charge in [-0.25, -0.2) is 13.6 Å². The zero-order valence-corrected chi connectivity index (χ0v) is 13.4. The van der Waals surface area contributed by atoms with E-state index in [9.17, 15) is 13.2 Å². The molecule has 8 heteroatoms. The second kappa shape index (κ2) is 6.04. The van der Waals surface area contributed by atoms with Gasteiger partial charge in [-0.05, 0) is 39.7 Å². The first kappa shape index (κ1) is 15.2. The minimum absolute atomic E-state index is 0.0503. The number of hydrogen-bond acceptors (Lipinski definition) is 4. The standard InChI is InChI=1S/C12H11BrN2O3S2/c13-11-5-9(7-19-11)12(16)15-6-8-1-3-10(4-2-8)20(14,17)18/h1-5,7H,6H2,(H,15,16)(H2,14,17,18). The van der Waals surface area contributed by atoms with Crippen LogP contribution in [-0.2, 0) is 16.6 Å². The third-order valence-electron chi connectivity index (χ3n) is 2.53. The lowest BCUT2D eigenvalue weighted by molar-refractivity contribution is 0.0951. The number of amides is 1. The van der Waals surface area contributed by atoms with Gasteiger partial charge in [-0.2, -0.15) is 0 Å². The average molecular weight is 375 g/mol. The molecular formula is C12H11BrN2O3S2. The van der Waals surface area contributed by atoms with Gasteiger partial charge in [0.05, 0.1) is 14.2 Å². The highest BCUT2D eigenvalue weighted by atomic mass is 79.9. The summed E-state index contributed by atoms with van der Waals surface area (Å²) in [6.45, 7) is 0.317. The summed E-state index contributed by atoms with van der Waals surface area (Å²) in [7, 11) is -3.68. The molecule has 2 aromatic rings. The normalized spacial score (nSPS) is 11.3. The van der Waals surface area contributed by atoms with E-state index in [1.54, 1.807) is 23.6 Å². The molecule has 3 N–H and O–H groups in total. The van der Waals surface area contributed by atoms with Gasteiger partial charge in [-0.15, -0.1) is 11.3 Å². The molecule has 0 aliphatic carbocycles. The first-order chi connectivity index (χ1) is 9.36. The van der Waals surface area contributed by atoms with Crippen LogP contribution in [0.15, 0.2) is 44.4 Å². The van der Waals surface area contributed by atoms with Crippen molar-refractivity contribution in [3.8, 4) is 0 Å². The molecule has 0 fully saturated rings. The Kier molecular flexibility index (Phi) is 4.59. The number of halogens is 1. The van der Waals surface area contributed by atoms with Gasteiger partial charge in [-0.1, -0.05) is 12.1 Å². The van der Waals surface area contributed by atoms with Gasteiger partial charge in [0.25, 0.3) is 5.91 Å². The van der Waals surface area contributed by atoms with E-state index in [4.69, 9.17) is 5.14 Å². The molecule has 106 valence electrons. The van der Waals surface area contributed by atoms with Crippen LogP contribution < -0.4 is 10.5 Å². The number of sulfonamides is 1. The molecule has 2 rings (SSSR count). The maximum atomic E-state index is 11.8. The minimum Gasteiger partial charge on any atom is -0.348 e. The van der Waals surface area contributed by atoms with E-state index in [0.717, 1.165) is 9.35 Å². The van der Waals surface area contributed by atoms with Gasteiger partial charge in [0, 0.05) is 11.9 Å². The Bertz CT molecular complexity index is 723. The highest BCUT2D eigenvalue weighted by Crippen LogP contribution is 2.20. The third kappa shape index (κ3) is 3.89. The molecule has 1 aromatic heterocycles. The maximum absolute atomic E-state index is 11.8. The van der Waals surface area contributed by atoms with E-state index >= 15 is 0 Å². The fourth-order valence-corrected chi connectivity index (χ4v) is 3.16. The van der Waals surface area contributed by atoms with Crippen molar-refractivity contribution >= 4 is 43.2 Å². The average Bonchev–Trinajstić information content (AvgIpc) is 2.82. The summed E-state index contributed by atoms with van der Waals surface area (Å²) >= 11 is 4.73. The first-order valence-electron chi connectivity index (χ1n) is 5.50. The Morgan fingerprint density at radius 2 is 1.95 bits per heavy atom. The fraction of sp³-hybridized carbons (Fsp3) is 0.0833. The maximum Gasteiger partial charge on any atom is 0.252 e. The van der Waals surface area contributed by atoms with Crippen LogP contribution in [0.25, 0.3) is 0 Å². The summed E-state index contributed by atoms with van der Waals surface area (Å²) in [4.78, 5) is 11.9. The largest absolute Gasteiger partial charge is 0.348 e. The van der Waals surface area contributed by atoms with E-state index < -0.39 is 10.0 Å². The number of rotatable bonds is 4. The van der Waals surface area contributed by atoms with Crippen molar-refractivity contribution in [2.45, 2.75) is 11.4 Å². The van der Waals surface area contributed by atoms with E-state index in [1.165, 1.54) is 23.5 Å². The van der Waals surface area contributed by atoms with Crippen molar-refractivity contribution in [1.29, 1.82) is 0 Å². The predicted octanol–water partition coefficient (Wildman–Crippen LogP) is 2.09. The minimum atomic E-state index is -3.68. The van der Waals surface area contributed by atoms with Crippen molar-refractivity contribution in [1.82, 2.24) is 5.32 Å². The van der Waals surface area contributed by atoms with Crippen LogP contribution in [0.2, 0.25) is 0 Å². The molecule has 0 saturated carbocycles. The molecule has 0 aliphatic rings. The molecule has 5 nitrogen and oxygen atoms in total. The summed E-state index contributed by atoms with van der Waals surface area (Å²) in [5, 5.41) is 9.51. The Morgan fingerprint density at radius 1 is 1.30 bits per heavy atom. The fourth-order valence-electron chi connectivity index (χ4n) is 1.51. The van der Waals surface area contributed by atoms with Crippen LogP contribution in [0, 0.1) is 0 Å². The SMILES string of the molecule is NS(=O)(=O)c1ccc(CNC(=O)c2csc(Br)c2)cc1. The summed E-state index contributed by atoms with van der Waals surface area (Å²) in [5.74, 6) is -0.178. The van der Waals surface area contributed by atoms with Crippen LogP contribution in [0.5, 0.6) is 0 Å². The van der Waals surface area contributed by atoms with Crippen LogP contribution >= 0.6 is 27.3 Å². The van der Waals surface area contributed by atoms with E-state index in [-0.39, 0.29) is 10.8 Å². The number of primary sulfonamides is 1. The summed E-state index contributed by atoms with van der Waals surface area (Å²) in [6, 6.07) is 7.80. The zero-order valence-electron chi connectivity index (χ0n) is 10.2. The summed E-state index contributed by atoms with van der Waals surface area (Å²) < 4.78 is 23.1. The molecule has 1 amide bonds. The van der Waals surface area contributed by atoms with E-state index in [1.807, 2.05) is 0 Å². The Labute approximate surface area is 129 Å². The predicted molar refractivity (Wildman–Crippen MR) is 81.0 cm³/mol. The molecular weight excluding hydrogens is 364 g/mol. The molecule has 0 unspecified atom stereocenters. The third-order valence-corrected chi connectivity index (χ3v) is 4.97. The molecule has 0 saturated heterocycles. The van der Waals surface area contributed by atoms with E-state index in [0.29, 0.717) is 12.1 Å². The van der Waals surface area contributed by atoms with Crippen molar-refractivity contribution in [2.75, 3.05) is 0 Å². The van der Waals surface area contributed by atoms with Gasteiger partial charge in [0.2, 0.25) is 10.0 Å². The lowest BCUT2D eigenvalue weighted by Crippen LogP contribution is -2.22. The number of thiophene rings is 1. The number of nitrogens with one attached hydrogen (secondary N) is 1. The first-order valence-corrected chi connectivity index (χ1v) is 8.72. The second-order valence-corrected chi connectivity index (χ2v) is 7.86. The van der Waals surface area contributed by atoms with Gasteiger partial charge >= 0.3 is 0 Å². The molecule has 0 spiro atoms. The van der Waals surface area contributed by atoms with Crippen LogP contribution in [-0.4, -0.2) is 14.3 Å². The number of benzene rings is 1. The number of nitrogens with two attached hydrogens (primary N) is 1. The van der Waals surface area contributed by atoms with Crippen LogP contribution in [0.3, 0.4) is 0 Å². The van der Waals surface area contributed by atoms with Gasteiger partial charge in [-0.3, -0.25) is 4.79 Å². The Balaban J connectivity index is 1.99. The Morgan fingerprint density at radius 3 is 2.45 bits per heavy atom. The molecule has 0 atom stereocenters. The second-order valence-electron chi connectivity index (χ2n) is 4.01.